The van der Waals surface area contributed by atoms with E-state index in [4.69, 9.17) is 4.74 Å². The minimum absolute atomic E-state index is 0.250. The van der Waals surface area contributed by atoms with E-state index in [1.807, 2.05) is 0 Å². The molecule has 3 N–H and O–H groups in total. The zero-order chi connectivity index (χ0) is 4.62. The number of rotatable bonds is 0. The van der Waals surface area contributed by atoms with Gasteiger partial charge in [0.2, 0.25) is 0 Å². The Morgan fingerprint density at radius 3 is 2.00 bits per heavy atom. The molecule has 0 bridgehead atoms. The van der Waals surface area contributed by atoms with Crippen LogP contribution in [0.3, 0.4) is 0 Å². The molecule has 0 aliphatic carbocycles. The topological polar surface area (TPSA) is 36.9 Å². The molecule has 0 saturated carbocycles. The molecular weight excluding hydrogens is 78.0 g/mol. The zero-order valence-corrected chi connectivity index (χ0v) is 4.03. The van der Waals surface area contributed by atoms with E-state index in [2.05, 4.69) is 12.7 Å². The van der Waals surface area contributed by atoms with Gasteiger partial charge in [-0.25, -0.2) is 0 Å². The van der Waals surface area contributed by atoms with Gasteiger partial charge >= 0.3 is 0 Å². The first-order chi connectivity index (χ1) is 2.71. The predicted octanol–water partition coefficient (Wildman–Crippen LogP) is -0.983. The maximum atomic E-state index is 4.88. The van der Waals surface area contributed by atoms with E-state index in [1.165, 1.54) is 0 Å². The van der Waals surface area contributed by atoms with Crippen LogP contribution in [-0.2, 0) is 4.74 Å². The Morgan fingerprint density at radius 2 is 2.00 bits per heavy atom. The van der Waals surface area contributed by atoms with E-state index in [9.17, 15) is 0 Å². The second-order valence-corrected chi connectivity index (χ2v) is 2.30. The molecule has 0 aromatic rings. The Balaban J connectivity index is 2.31. The van der Waals surface area contributed by atoms with Crippen LogP contribution >= 0.6 is 0 Å². The van der Waals surface area contributed by atoms with Crippen molar-refractivity contribution in [1.82, 2.24) is 0 Å². The quantitative estimate of drug-likeness (QED) is 0.406. The predicted molar refractivity (Wildman–Crippen MR) is 22.1 cm³/mol. The largest absolute Gasteiger partial charge is 0.368 e. The highest BCUT2D eigenvalue weighted by molar-refractivity contribution is 4.76. The number of ether oxygens (including phenoxy) is 1. The van der Waals surface area contributed by atoms with Gasteiger partial charge in [0.05, 0.1) is 0 Å². The van der Waals surface area contributed by atoms with Crippen molar-refractivity contribution in [2.24, 2.45) is 0 Å². The maximum absolute atomic E-state index is 4.88. The molecule has 1 aliphatic heterocycles. The van der Waals surface area contributed by atoms with Gasteiger partial charge in [0, 0.05) is 0 Å². The fourth-order valence-corrected chi connectivity index (χ4v) is 0.451. The van der Waals surface area contributed by atoms with Crippen molar-refractivity contribution in [2.45, 2.75) is 12.5 Å². The van der Waals surface area contributed by atoms with Crippen molar-refractivity contribution in [3.63, 3.8) is 0 Å². The van der Waals surface area contributed by atoms with Crippen LogP contribution in [0.5, 0.6) is 0 Å². The highest BCUT2D eigenvalue weighted by Crippen LogP contribution is 2.07. The normalized spacial score (nSPS) is 29.0. The van der Waals surface area contributed by atoms with Gasteiger partial charge in [0.15, 0.2) is 0 Å². The molecule has 0 amide bonds. The van der Waals surface area contributed by atoms with Crippen LogP contribution in [0, 0.1) is 0 Å². The summed E-state index contributed by atoms with van der Waals surface area (Å²) < 4.78 is 4.88. The molecule has 1 rings (SSSR count). The summed E-state index contributed by atoms with van der Waals surface area (Å²) in [6, 6.07) is 0. The summed E-state index contributed by atoms with van der Waals surface area (Å²) in [5.74, 6) is 0. The van der Waals surface area contributed by atoms with Crippen LogP contribution in [0.1, 0.15) is 6.92 Å². The minimum Gasteiger partial charge on any atom is -0.368 e. The molecule has 6 heavy (non-hydrogen) atoms. The summed E-state index contributed by atoms with van der Waals surface area (Å²) >= 11 is 0. The first-order valence-electron chi connectivity index (χ1n) is 2.14. The Hall–Kier alpha value is -0.0800. The van der Waals surface area contributed by atoms with Gasteiger partial charge in [-0.1, -0.05) is 0 Å². The molecule has 1 heterocycles. The summed E-state index contributed by atoms with van der Waals surface area (Å²) in [5, 5.41) is 0. The molecule has 0 atom stereocenters. The van der Waals surface area contributed by atoms with Gasteiger partial charge < -0.3 is 10.5 Å². The van der Waals surface area contributed by atoms with Crippen LogP contribution in [0.2, 0.25) is 0 Å². The molecule has 2 nitrogen and oxygen atoms in total. The third kappa shape index (κ3) is 0.533. The molecule has 1 fully saturated rings. The van der Waals surface area contributed by atoms with E-state index in [0.29, 0.717) is 0 Å². The van der Waals surface area contributed by atoms with Gasteiger partial charge in [-0.2, -0.15) is 0 Å². The van der Waals surface area contributed by atoms with E-state index in [1.54, 1.807) is 0 Å². The molecule has 1 aliphatic rings. The summed E-state index contributed by atoms with van der Waals surface area (Å²) in [6.07, 6.45) is 0. The fourth-order valence-electron chi connectivity index (χ4n) is 0.451. The third-order valence-electron chi connectivity index (χ3n) is 0.901. The third-order valence-corrected chi connectivity index (χ3v) is 0.901. The number of hydrogen-bond acceptors (Lipinski definition) is 1. The van der Waals surface area contributed by atoms with Gasteiger partial charge in [0.1, 0.15) is 18.8 Å². The first-order valence-corrected chi connectivity index (χ1v) is 2.14. The maximum Gasteiger partial charge on any atom is 0.139 e. The van der Waals surface area contributed by atoms with Crippen molar-refractivity contribution in [2.75, 3.05) is 13.2 Å². The average Bonchev–Trinajstić information content (AvgIpc) is 1.32. The lowest BCUT2D eigenvalue weighted by Crippen LogP contribution is -2.80. The van der Waals surface area contributed by atoms with Crippen LogP contribution in [0.4, 0.5) is 0 Å². The second-order valence-electron chi connectivity index (χ2n) is 2.30. The Morgan fingerprint density at radius 1 is 1.67 bits per heavy atom. The van der Waals surface area contributed by atoms with Crippen molar-refractivity contribution in [3.05, 3.63) is 0 Å². The smallest absolute Gasteiger partial charge is 0.139 e. The molecule has 0 unspecified atom stereocenters. The highest BCUT2D eigenvalue weighted by Gasteiger charge is 2.31. The molecule has 2 heteroatoms. The van der Waals surface area contributed by atoms with Crippen LogP contribution in [0.25, 0.3) is 0 Å². The van der Waals surface area contributed by atoms with Crippen LogP contribution in [-0.4, -0.2) is 18.8 Å². The van der Waals surface area contributed by atoms with E-state index in [0.717, 1.165) is 13.2 Å². The van der Waals surface area contributed by atoms with Gasteiger partial charge in [0.25, 0.3) is 0 Å². The average molecular weight is 88.1 g/mol. The SMILES string of the molecule is CC1([NH3+])COC1. The van der Waals surface area contributed by atoms with Crippen molar-refractivity contribution in [1.29, 1.82) is 0 Å². The second kappa shape index (κ2) is 0.950. The lowest BCUT2D eigenvalue weighted by atomic mass is 10.0. The number of hydrogen-bond donors (Lipinski definition) is 1. The molecule has 0 aromatic heterocycles. The van der Waals surface area contributed by atoms with Crippen molar-refractivity contribution >= 4 is 0 Å². The van der Waals surface area contributed by atoms with Crippen molar-refractivity contribution < 1.29 is 10.5 Å². The molecule has 0 aromatic carbocycles. The zero-order valence-electron chi connectivity index (χ0n) is 4.03. The Kier molecular flexibility index (Phi) is 0.648. The monoisotopic (exact) mass is 88.1 g/mol. The van der Waals surface area contributed by atoms with Gasteiger partial charge in [-0.15, -0.1) is 0 Å². The van der Waals surface area contributed by atoms with Gasteiger partial charge in [-0.05, 0) is 6.92 Å². The Labute approximate surface area is 37.3 Å². The standard InChI is InChI=1S/C4H9NO/c1-4(5)2-6-3-4/h2-3,5H2,1H3/p+1. The Bertz CT molecular complexity index is 54.6. The molecule has 0 spiro atoms. The lowest BCUT2D eigenvalue weighted by Gasteiger charge is -2.29. The molecular formula is C4H10NO+. The van der Waals surface area contributed by atoms with Crippen LogP contribution in [0.15, 0.2) is 0 Å². The summed E-state index contributed by atoms with van der Waals surface area (Å²) in [6.45, 7) is 3.77. The van der Waals surface area contributed by atoms with Crippen molar-refractivity contribution in [3.8, 4) is 0 Å². The summed E-state index contributed by atoms with van der Waals surface area (Å²) in [4.78, 5) is 0. The van der Waals surface area contributed by atoms with Gasteiger partial charge in [-0.3, -0.25) is 0 Å². The van der Waals surface area contributed by atoms with Crippen LogP contribution < -0.4 is 5.73 Å². The fraction of sp³-hybridized carbons (Fsp3) is 1.00. The first kappa shape index (κ1) is 4.09. The number of quaternary nitrogens is 1. The summed E-state index contributed by atoms with van der Waals surface area (Å²) in [5.41, 5.74) is 4.10. The molecule has 0 radical (unpaired) electrons. The van der Waals surface area contributed by atoms with E-state index >= 15 is 0 Å². The molecule has 36 valence electrons. The molecule has 1 saturated heterocycles. The summed E-state index contributed by atoms with van der Waals surface area (Å²) in [7, 11) is 0. The highest BCUT2D eigenvalue weighted by atomic mass is 16.5. The van der Waals surface area contributed by atoms with E-state index in [-0.39, 0.29) is 5.54 Å². The van der Waals surface area contributed by atoms with E-state index < -0.39 is 0 Å². The minimum atomic E-state index is 0.250. The lowest BCUT2D eigenvalue weighted by molar-refractivity contribution is -0.517.